The summed E-state index contributed by atoms with van der Waals surface area (Å²) < 4.78 is 1.10. The average Bonchev–Trinajstić information content (AvgIpc) is 2.95. The van der Waals surface area contributed by atoms with E-state index in [1.165, 1.54) is 41.5 Å². The highest BCUT2D eigenvalue weighted by molar-refractivity contribution is 9.10. The zero-order valence-electron chi connectivity index (χ0n) is 12.1. The Kier molecular flexibility index (Phi) is 4.68. The maximum Gasteiger partial charge on any atom is 0.0410 e. The lowest BCUT2D eigenvalue weighted by Gasteiger charge is -2.19. The molecule has 2 aromatic carbocycles. The van der Waals surface area contributed by atoms with Gasteiger partial charge in [0.1, 0.15) is 0 Å². The van der Waals surface area contributed by atoms with Gasteiger partial charge < -0.3 is 5.32 Å². The highest BCUT2D eigenvalue weighted by atomic mass is 79.9. The zero-order valence-corrected chi connectivity index (χ0v) is 14.5. The number of rotatable bonds is 4. The van der Waals surface area contributed by atoms with Gasteiger partial charge in [-0.25, -0.2) is 0 Å². The van der Waals surface area contributed by atoms with E-state index in [1.807, 2.05) is 25.2 Å². The molecule has 3 rings (SSSR count). The number of hydrogen-bond acceptors (Lipinski definition) is 1. The number of nitrogens with one attached hydrogen (secondary N) is 1. The molecular weight excluding hydrogens is 346 g/mol. The molecule has 0 amide bonds. The van der Waals surface area contributed by atoms with Crippen molar-refractivity contribution in [1.29, 1.82) is 0 Å². The third-order valence-electron chi connectivity index (χ3n) is 4.28. The van der Waals surface area contributed by atoms with Gasteiger partial charge in [-0.3, -0.25) is 0 Å². The fourth-order valence-electron chi connectivity index (χ4n) is 3.14. The molecule has 1 N–H and O–H groups in total. The largest absolute Gasteiger partial charge is 0.313 e. The van der Waals surface area contributed by atoms with Crippen LogP contribution in [-0.4, -0.2) is 7.05 Å². The van der Waals surface area contributed by atoms with Crippen LogP contribution in [0.5, 0.6) is 0 Å². The van der Waals surface area contributed by atoms with Gasteiger partial charge >= 0.3 is 0 Å². The van der Waals surface area contributed by atoms with Crippen LogP contribution >= 0.6 is 27.5 Å². The quantitative estimate of drug-likeness (QED) is 0.796. The number of fused-ring (bicyclic) bond motifs is 1. The lowest BCUT2D eigenvalue weighted by molar-refractivity contribution is 0.589. The molecule has 0 heterocycles. The van der Waals surface area contributed by atoms with Gasteiger partial charge in [-0.05, 0) is 73.2 Å². The number of halogens is 2. The molecule has 0 aromatic heterocycles. The Bertz CT molecular complexity index is 654. The van der Waals surface area contributed by atoms with Gasteiger partial charge in [-0.1, -0.05) is 45.7 Å². The highest BCUT2D eigenvalue weighted by Crippen LogP contribution is 2.30. The van der Waals surface area contributed by atoms with E-state index < -0.39 is 0 Å². The maximum atomic E-state index is 6.15. The van der Waals surface area contributed by atoms with E-state index in [4.69, 9.17) is 11.6 Å². The van der Waals surface area contributed by atoms with Crippen LogP contribution in [0.25, 0.3) is 0 Å². The molecule has 0 spiro atoms. The van der Waals surface area contributed by atoms with Gasteiger partial charge in [0, 0.05) is 15.5 Å². The Hall–Kier alpha value is -0.830. The van der Waals surface area contributed by atoms with Gasteiger partial charge in [0.05, 0.1) is 0 Å². The molecule has 1 atom stereocenters. The first-order valence-electron chi connectivity index (χ1n) is 7.40. The van der Waals surface area contributed by atoms with Crippen molar-refractivity contribution in [3.63, 3.8) is 0 Å². The van der Waals surface area contributed by atoms with E-state index in [2.05, 4.69) is 39.4 Å². The van der Waals surface area contributed by atoms with E-state index in [9.17, 15) is 0 Å². The molecule has 2 aromatic rings. The first kappa shape index (κ1) is 15.1. The van der Waals surface area contributed by atoms with Crippen LogP contribution in [-0.2, 0) is 19.3 Å². The first-order chi connectivity index (χ1) is 10.2. The molecule has 1 unspecified atom stereocenters. The van der Waals surface area contributed by atoms with Crippen LogP contribution in [0.4, 0.5) is 0 Å². The second kappa shape index (κ2) is 6.51. The van der Waals surface area contributed by atoms with Gasteiger partial charge in [0.25, 0.3) is 0 Å². The average molecular weight is 365 g/mol. The molecule has 0 bridgehead atoms. The minimum Gasteiger partial charge on any atom is -0.313 e. The van der Waals surface area contributed by atoms with Crippen molar-refractivity contribution in [1.82, 2.24) is 5.32 Å². The lowest BCUT2D eigenvalue weighted by Crippen LogP contribution is -2.19. The number of likely N-dealkylation sites (N-methyl/N-ethyl adjacent to an activating group) is 1. The number of aryl methyl sites for hydroxylation is 2. The Morgan fingerprint density at radius 1 is 1.14 bits per heavy atom. The molecule has 0 radical (unpaired) electrons. The number of benzene rings is 2. The van der Waals surface area contributed by atoms with Crippen molar-refractivity contribution in [2.45, 2.75) is 31.7 Å². The summed E-state index contributed by atoms with van der Waals surface area (Å²) in [5, 5.41) is 4.19. The second-order valence-electron chi connectivity index (χ2n) is 5.67. The molecule has 0 fully saturated rings. The van der Waals surface area contributed by atoms with Crippen molar-refractivity contribution >= 4 is 27.5 Å². The molecule has 1 nitrogen and oxygen atoms in total. The molecule has 0 saturated carbocycles. The minimum atomic E-state index is 0.262. The minimum absolute atomic E-state index is 0.262. The summed E-state index contributed by atoms with van der Waals surface area (Å²) in [5.41, 5.74) is 5.67. The van der Waals surface area contributed by atoms with Crippen molar-refractivity contribution < 1.29 is 0 Å². The fraction of sp³-hybridized carbons (Fsp3) is 0.333. The van der Waals surface area contributed by atoms with E-state index in [1.54, 1.807) is 0 Å². The summed E-state index contributed by atoms with van der Waals surface area (Å²) in [4.78, 5) is 0. The topological polar surface area (TPSA) is 12.0 Å². The molecule has 110 valence electrons. The molecule has 1 aliphatic rings. The van der Waals surface area contributed by atoms with Crippen molar-refractivity contribution in [2.75, 3.05) is 7.05 Å². The van der Waals surface area contributed by atoms with Crippen molar-refractivity contribution in [3.8, 4) is 0 Å². The predicted molar refractivity (Wildman–Crippen MR) is 93.1 cm³/mol. The predicted octanol–water partition coefficient (Wildman–Crippen LogP) is 5.09. The lowest BCUT2D eigenvalue weighted by atomic mass is 9.96. The Morgan fingerprint density at radius 3 is 2.76 bits per heavy atom. The van der Waals surface area contributed by atoms with Crippen molar-refractivity contribution in [3.05, 3.63) is 68.1 Å². The van der Waals surface area contributed by atoms with Gasteiger partial charge in [-0.2, -0.15) is 0 Å². The highest BCUT2D eigenvalue weighted by Gasteiger charge is 2.16. The summed E-state index contributed by atoms with van der Waals surface area (Å²) in [6.45, 7) is 0. The molecule has 1 aliphatic carbocycles. The van der Waals surface area contributed by atoms with Crippen LogP contribution in [0.15, 0.2) is 40.9 Å². The third-order valence-corrected chi connectivity index (χ3v) is 5.24. The summed E-state index contributed by atoms with van der Waals surface area (Å²) in [7, 11) is 2.01. The van der Waals surface area contributed by atoms with E-state index in [0.717, 1.165) is 15.9 Å². The number of hydrogen-bond donors (Lipinski definition) is 1. The van der Waals surface area contributed by atoms with Crippen LogP contribution in [0, 0.1) is 0 Å². The maximum absolute atomic E-state index is 6.15. The standard InChI is InChI=1S/C18H19BrClN/c1-21-18(16-11-15(20)7-8-17(16)19)10-12-5-6-13-3-2-4-14(13)9-12/h5-9,11,18,21H,2-4,10H2,1H3. The van der Waals surface area contributed by atoms with Crippen molar-refractivity contribution in [2.24, 2.45) is 0 Å². The molecule has 0 saturated heterocycles. The summed E-state index contributed by atoms with van der Waals surface area (Å²) in [6, 6.07) is 13.2. The molecular formula is C18H19BrClN. The first-order valence-corrected chi connectivity index (χ1v) is 8.57. The zero-order chi connectivity index (χ0) is 14.8. The Balaban J connectivity index is 1.86. The summed E-state index contributed by atoms with van der Waals surface area (Å²) in [6.07, 6.45) is 4.75. The van der Waals surface area contributed by atoms with E-state index >= 15 is 0 Å². The van der Waals surface area contributed by atoms with Gasteiger partial charge in [-0.15, -0.1) is 0 Å². The SMILES string of the molecule is CNC(Cc1ccc2c(c1)CCC2)c1cc(Cl)ccc1Br. The van der Waals surface area contributed by atoms with Gasteiger partial charge in [0.2, 0.25) is 0 Å². The fourth-order valence-corrected chi connectivity index (χ4v) is 3.84. The van der Waals surface area contributed by atoms with E-state index in [0.29, 0.717) is 0 Å². The normalized spacial score (nSPS) is 15.0. The Morgan fingerprint density at radius 2 is 1.95 bits per heavy atom. The van der Waals surface area contributed by atoms with Gasteiger partial charge in [0.15, 0.2) is 0 Å². The molecule has 3 heteroatoms. The van der Waals surface area contributed by atoms with E-state index in [-0.39, 0.29) is 6.04 Å². The van der Waals surface area contributed by atoms with Crippen LogP contribution in [0.3, 0.4) is 0 Å². The summed E-state index contributed by atoms with van der Waals surface area (Å²) in [5.74, 6) is 0. The smallest absolute Gasteiger partial charge is 0.0410 e. The van der Waals surface area contributed by atoms with Crippen LogP contribution in [0.1, 0.15) is 34.7 Å². The van der Waals surface area contributed by atoms with Crippen LogP contribution < -0.4 is 5.32 Å². The Labute approximate surface area is 139 Å². The summed E-state index contributed by atoms with van der Waals surface area (Å²) >= 11 is 9.79. The second-order valence-corrected chi connectivity index (χ2v) is 6.96. The monoisotopic (exact) mass is 363 g/mol. The molecule has 0 aliphatic heterocycles. The van der Waals surface area contributed by atoms with Crippen LogP contribution in [0.2, 0.25) is 5.02 Å². The third kappa shape index (κ3) is 3.33. The molecule has 21 heavy (non-hydrogen) atoms.